The normalized spacial score (nSPS) is 17.1. The van der Waals surface area contributed by atoms with Crippen LogP contribution < -0.4 is 5.32 Å². The lowest BCUT2D eigenvalue weighted by molar-refractivity contribution is -0.126. The number of likely N-dealkylation sites (tertiary alicyclic amines) is 1. The van der Waals surface area contributed by atoms with Crippen molar-refractivity contribution in [2.45, 2.75) is 18.8 Å². The molecule has 1 aliphatic rings. The van der Waals surface area contributed by atoms with Crippen molar-refractivity contribution in [1.29, 1.82) is 0 Å². The molecule has 6 heteroatoms. The number of amides is 2. The van der Waals surface area contributed by atoms with E-state index in [1.807, 2.05) is 36.5 Å². The van der Waals surface area contributed by atoms with E-state index in [-0.39, 0.29) is 23.7 Å². The molecule has 168 valence electrons. The molecule has 3 heterocycles. The second-order valence-electron chi connectivity index (χ2n) is 8.57. The summed E-state index contributed by atoms with van der Waals surface area (Å²) in [4.78, 5) is 30.9. The van der Waals surface area contributed by atoms with Crippen molar-refractivity contribution >= 4 is 22.7 Å². The van der Waals surface area contributed by atoms with Crippen LogP contribution in [0.2, 0.25) is 0 Å². The van der Waals surface area contributed by atoms with Gasteiger partial charge in [-0.1, -0.05) is 48.5 Å². The van der Waals surface area contributed by atoms with Gasteiger partial charge in [-0.2, -0.15) is 0 Å². The van der Waals surface area contributed by atoms with Crippen LogP contribution in [0.5, 0.6) is 0 Å². The third-order valence-electron chi connectivity index (χ3n) is 6.49. The molecule has 0 aliphatic carbocycles. The van der Waals surface area contributed by atoms with E-state index in [9.17, 15) is 9.59 Å². The molecule has 2 aromatic carbocycles. The summed E-state index contributed by atoms with van der Waals surface area (Å²) in [6, 6.07) is 21.8. The number of aromatic amines is 1. The van der Waals surface area contributed by atoms with Gasteiger partial charge in [-0.3, -0.25) is 9.59 Å². The molecule has 0 saturated carbocycles. The van der Waals surface area contributed by atoms with Gasteiger partial charge < -0.3 is 19.6 Å². The van der Waals surface area contributed by atoms with Crippen LogP contribution in [0, 0.1) is 5.92 Å². The highest BCUT2D eigenvalue weighted by molar-refractivity contribution is 5.92. The fourth-order valence-electron chi connectivity index (χ4n) is 4.75. The number of hydrogen-bond acceptors (Lipinski definition) is 3. The van der Waals surface area contributed by atoms with Crippen LogP contribution in [0.4, 0.5) is 0 Å². The van der Waals surface area contributed by atoms with Gasteiger partial charge in [0.15, 0.2) is 5.76 Å². The Hall–Kier alpha value is -3.80. The van der Waals surface area contributed by atoms with Gasteiger partial charge in [0.1, 0.15) is 0 Å². The van der Waals surface area contributed by atoms with Crippen LogP contribution in [0.1, 0.15) is 40.4 Å². The topological polar surface area (TPSA) is 78.3 Å². The first-order valence-corrected chi connectivity index (χ1v) is 11.4. The zero-order chi connectivity index (χ0) is 22.6. The number of hydrogen-bond donors (Lipinski definition) is 2. The second kappa shape index (κ2) is 9.36. The van der Waals surface area contributed by atoms with Gasteiger partial charge >= 0.3 is 0 Å². The number of H-pyrrole nitrogens is 1. The SMILES string of the molecule is O=C(NCC(c1ccccc1)c1c[nH]c2ccccc12)C1CCCN(C(=O)c2ccco2)C1. The van der Waals surface area contributed by atoms with E-state index in [1.54, 1.807) is 17.0 Å². The number of rotatable bonds is 6. The van der Waals surface area contributed by atoms with E-state index in [0.29, 0.717) is 25.4 Å². The summed E-state index contributed by atoms with van der Waals surface area (Å²) in [6.07, 6.45) is 5.11. The molecule has 1 fully saturated rings. The maximum atomic E-state index is 13.1. The lowest BCUT2D eigenvalue weighted by Gasteiger charge is -2.32. The van der Waals surface area contributed by atoms with Crippen LogP contribution in [0.3, 0.4) is 0 Å². The average molecular weight is 442 g/mol. The molecular formula is C27H27N3O3. The average Bonchev–Trinajstić information content (AvgIpc) is 3.55. The highest BCUT2D eigenvalue weighted by Crippen LogP contribution is 2.30. The summed E-state index contributed by atoms with van der Waals surface area (Å²) in [5, 5.41) is 4.34. The summed E-state index contributed by atoms with van der Waals surface area (Å²) >= 11 is 0. The number of nitrogens with zero attached hydrogens (tertiary/aromatic N) is 1. The molecule has 0 bridgehead atoms. The molecule has 2 atom stereocenters. The summed E-state index contributed by atoms with van der Waals surface area (Å²) in [5.41, 5.74) is 3.40. The Morgan fingerprint density at radius 1 is 1.06 bits per heavy atom. The number of aromatic nitrogens is 1. The number of piperidine rings is 1. The first-order chi connectivity index (χ1) is 16.2. The predicted molar refractivity (Wildman–Crippen MR) is 127 cm³/mol. The Balaban J connectivity index is 1.31. The van der Waals surface area contributed by atoms with Gasteiger partial charge in [0, 0.05) is 42.7 Å². The molecule has 33 heavy (non-hydrogen) atoms. The highest BCUT2D eigenvalue weighted by Gasteiger charge is 2.30. The molecule has 2 amide bonds. The fraction of sp³-hybridized carbons (Fsp3) is 0.259. The van der Waals surface area contributed by atoms with Crippen molar-refractivity contribution in [3.8, 4) is 0 Å². The highest BCUT2D eigenvalue weighted by atomic mass is 16.3. The zero-order valence-electron chi connectivity index (χ0n) is 18.4. The number of carbonyl (C=O) groups excluding carboxylic acids is 2. The number of para-hydroxylation sites is 1. The van der Waals surface area contributed by atoms with Crippen molar-refractivity contribution < 1.29 is 14.0 Å². The monoisotopic (exact) mass is 441 g/mol. The maximum absolute atomic E-state index is 13.1. The first-order valence-electron chi connectivity index (χ1n) is 11.4. The van der Waals surface area contributed by atoms with Gasteiger partial charge in [-0.15, -0.1) is 0 Å². The Labute approximate surface area is 192 Å². The number of nitrogens with one attached hydrogen (secondary N) is 2. The molecule has 2 N–H and O–H groups in total. The molecule has 1 saturated heterocycles. The quantitative estimate of drug-likeness (QED) is 0.460. The Morgan fingerprint density at radius 2 is 1.88 bits per heavy atom. The third-order valence-corrected chi connectivity index (χ3v) is 6.49. The Morgan fingerprint density at radius 3 is 2.70 bits per heavy atom. The van der Waals surface area contributed by atoms with Crippen molar-refractivity contribution in [2.24, 2.45) is 5.92 Å². The van der Waals surface area contributed by atoms with Crippen LogP contribution in [0.15, 0.2) is 83.6 Å². The lowest BCUT2D eigenvalue weighted by Crippen LogP contribution is -2.46. The molecule has 0 radical (unpaired) electrons. The van der Waals surface area contributed by atoms with Crippen molar-refractivity contribution in [2.75, 3.05) is 19.6 Å². The fourth-order valence-corrected chi connectivity index (χ4v) is 4.75. The standard InChI is InChI=1S/C27H27N3O3/c31-26(20-10-6-14-30(18-20)27(32)25-13-7-15-33-25)29-16-22(19-8-2-1-3-9-19)23-17-28-24-12-5-4-11-21(23)24/h1-5,7-9,11-13,15,17,20,22,28H,6,10,14,16,18H2,(H,29,31). The number of benzene rings is 2. The maximum Gasteiger partial charge on any atom is 0.289 e. The molecular weight excluding hydrogens is 414 g/mol. The van der Waals surface area contributed by atoms with Crippen molar-refractivity contribution in [1.82, 2.24) is 15.2 Å². The minimum Gasteiger partial charge on any atom is -0.459 e. The summed E-state index contributed by atoms with van der Waals surface area (Å²) in [7, 11) is 0. The molecule has 6 nitrogen and oxygen atoms in total. The lowest BCUT2D eigenvalue weighted by atomic mass is 9.90. The number of fused-ring (bicyclic) bond motifs is 1. The van der Waals surface area contributed by atoms with E-state index in [2.05, 4.69) is 34.6 Å². The summed E-state index contributed by atoms with van der Waals surface area (Å²) < 4.78 is 5.25. The second-order valence-corrected chi connectivity index (χ2v) is 8.57. The molecule has 5 rings (SSSR count). The van der Waals surface area contributed by atoms with Crippen LogP contribution >= 0.6 is 0 Å². The Kier molecular flexibility index (Phi) is 5.98. The molecule has 0 spiro atoms. The van der Waals surface area contributed by atoms with E-state index >= 15 is 0 Å². The summed E-state index contributed by atoms with van der Waals surface area (Å²) in [5.74, 6) is -0.0430. The van der Waals surface area contributed by atoms with Crippen LogP contribution in [-0.2, 0) is 4.79 Å². The van der Waals surface area contributed by atoms with Gasteiger partial charge in [0.2, 0.25) is 5.91 Å². The smallest absolute Gasteiger partial charge is 0.289 e. The molecule has 1 aliphatic heterocycles. The van der Waals surface area contributed by atoms with Gasteiger partial charge in [0.25, 0.3) is 5.91 Å². The van der Waals surface area contributed by atoms with E-state index < -0.39 is 0 Å². The van der Waals surface area contributed by atoms with E-state index in [0.717, 1.165) is 34.9 Å². The molecule has 2 aromatic heterocycles. The van der Waals surface area contributed by atoms with Crippen molar-refractivity contribution in [3.05, 3.63) is 96.1 Å². The predicted octanol–water partition coefficient (Wildman–Crippen LogP) is 4.56. The zero-order valence-corrected chi connectivity index (χ0v) is 18.4. The summed E-state index contributed by atoms with van der Waals surface area (Å²) in [6.45, 7) is 1.55. The van der Waals surface area contributed by atoms with Crippen LogP contribution in [0.25, 0.3) is 10.9 Å². The first kappa shape index (κ1) is 21.1. The largest absolute Gasteiger partial charge is 0.459 e. The number of furan rings is 1. The minimum absolute atomic E-state index is 0.00674. The molecule has 2 unspecified atom stereocenters. The van der Waals surface area contributed by atoms with E-state index in [4.69, 9.17) is 4.42 Å². The number of carbonyl (C=O) groups is 2. The van der Waals surface area contributed by atoms with Crippen molar-refractivity contribution in [3.63, 3.8) is 0 Å². The van der Waals surface area contributed by atoms with Gasteiger partial charge in [-0.05, 0) is 42.2 Å². The third kappa shape index (κ3) is 4.42. The molecule has 4 aromatic rings. The van der Waals surface area contributed by atoms with Crippen LogP contribution in [-0.4, -0.2) is 41.3 Å². The van der Waals surface area contributed by atoms with E-state index in [1.165, 1.54) is 6.26 Å². The van der Waals surface area contributed by atoms with Gasteiger partial charge in [-0.25, -0.2) is 0 Å². The van der Waals surface area contributed by atoms with Gasteiger partial charge in [0.05, 0.1) is 12.2 Å². The minimum atomic E-state index is -0.225. The Bertz CT molecular complexity index is 1230.